The number of hydrogen-bond donors (Lipinski definition) is 2. The molecule has 0 fully saturated rings. The van der Waals surface area contributed by atoms with Gasteiger partial charge in [0.2, 0.25) is 0 Å². The minimum absolute atomic E-state index is 0.0736. The molecule has 2 N–H and O–H groups in total. The summed E-state index contributed by atoms with van der Waals surface area (Å²) in [5, 5.41) is 17.3. The van der Waals surface area contributed by atoms with Gasteiger partial charge in [-0.15, -0.1) is 11.3 Å². The standard InChI is InChI=1S/C8H9N3O4S2/c1-5(2-9)3-11-17(14,15)8-6(7(12)13)10-4-16-8/h4-5,11H,3H2,1H3,(H,12,13). The molecule has 0 aliphatic heterocycles. The van der Waals surface area contributed by atoms with Crippen molar-refractivity contribution < 1.29 is 18.3 Å². The highest BCUT2D eigenvalue weighted by molar-refractivity contribution is 7.91. The highest BCUT2D eigenvalue weighted by Crippen LogP contribution is 2.19. The van der Waals surface area contributed by atoms with Crippen LogP contribution in [0.5, 0.6) is 0 Å². The van der Waals surface area contributed by atoms with Gasteiger partial charge in [-0.3, -0.25) is 0 Å². The molecule has 0 spiro atoms. The van der Waals surface area contributed by atoms with Crippen molar-refractivity contribution in [3.8, 4) is 6.07 Å². The van der Waals surface area contributed by atoms with Crippen molar-refractivity contribution >= 4 is 27.3 Å². The van der Waals surface area contributed by atoms with Crippen LogP contribution in [0.1, 0.15) is 17.4 Å². The Bertz CT molecular complexity index is 558. The predicted octanol–water partition coefficient (Wildman–Crippen LogP) is 0.279. The summed E-state index contributed by atoms with van der Waals surface area (Å²) in [5.41, 5.74) is 0.637. The lowest BCUT2D eigenvalue weighted by Gasteiger charge is -2.05. The Kier molecular flexibility index (Phi) is 4.17. The Balaban J connectivity index is 2.95. The first-order chi connectivity index (χ1) is 7.88. The van der Waals surface area contributed by atoms with Crippen molar-refractivity contribution in [2.45, 2.75) is 11.1 Å². The summed E-state index contributed by atoms with van der Waals surface area (Å²) in [4.78, 5) is 14.2. The second-order valence-electron chi connectivity index (χ2n) is 3.18. The molecule has 1 aromatic heterocycles. The van der Waals surface area contributed by atoms with Gasteiger partial charge in [-0.25, -0.2) is 22.9 Å². The Morgan fingerprint density at radius 3 is 2.94 bits per heavy atom. The van der Waals surface area contributed by atoms with Gasteiger partial charge in [0.25, 0.3) is 10.0 Å². The van der Waals surface area contributed by atoms with Crippen LogP contribution in [0.4, 0.5) is 0 Å². The maximum Gasteiger partial charge on any atom is 0.356 e. The largest absolute Gasteiger partial charge is 0.476 e. The van der Waals surface area contributed by atoms with Gasteiger partial charge in [-0.05, 0) is 6.92 Å². The first kappa shape index (κ1) is 13.6. The van der Waals surface area contributed by atoms with Crippen LogP contribution in [0.2, 0.25) is 0 Å². The Hall–Kier alpha value is -1.50. The minimum Gasteiger partial charge on any atom is -0.476 e. The van der Waals surface area contributed by atoms with Crippen molar-refractivity contribution in [1.29, 1.82) is 5.26 Å². The van der Waals surface area contributed by atoms with E-state index in [1.54, 1.807) is 6.92 Å². The van der Waals surface area contributed by atoms with E-state index in [-0.39, 0.29) is 10.8 Å². The smallest absolute Gasteiger partial charge is 0.356 e. The molecule has 7 nitrogen and oxygen atoms in total. The van der Waals surface area contributed by atoms with E-state index in [4.69, 9.17) is 10.4 Å². The van der Waals surface area contributed by atoms with Gasteiger partial charge >= 0.3 is 5.97 Å². The number of aromatic carboxylic acids is 1. The normalized spacial score (nSPS) is 12.9. The van der Waals surface area contributed by atoms with Crippen LogP contribution in [-0.2, 0) is 10.0 Å². The summed E-state index contributed by atoms with van der Waals surface area (Å²) in [6.45, 7) is 1.48. The van der Waals surface area contributed by atoms with Crippen molar-refractivity contribution in [3.63, 3.8) is 0 Å². The monoisotopic (exact) mass is 275 g/mol. The summed E-state index contributed by atoms with van der Waals surface area (Å²) in [6.07, 6.45) is 0. The van der Waals surface area contributed by atoms with E-state index in [0.29, 0.717) is 0 Å². The summed E-state index contributed by atoms with van der Waals surface area (Å²) >= 11 is 0.719. The number of aromatic nitrogens is 1. The number of thiazole rings is 1. The van der Waals surface area contributed by atoms with Crippen LogP contribution in [0.15, 0.2) is 9.72 Å². The fraction of sp³-hybridized carbons (Fsp3) is 0.375. The van der Waals surface area contributed by atoms with E-state index >= 15 is 0 Å². The number of nitrogens with one attached hydrogen (secondary N) is 1. The SMILES string of the molecule is CC(C#N)CNS(=O)(=O)c1scnc1C(=O)O. The molecule has 1 aromatic rings. The Labute approximate surface area is 102 Å². The fourth-order valence-corrected chi connectivity index (χ4v) is 3.23. The molecule has 17 heavy (non-hydrogen) atoms. The molecule has 0 aliphatic rings. The van der Waals surface area contributed by atoms with E-state index in [2.05, 4.69) is 9.71 Å². The van der Waals surface area contributed by atoms with Gasteiger partial charge in [0.05, 0.1) is 17.5 Å². The maximum absolute atomic E-state index is 11.7. The van der Waals surface area contributed by atoms with E-state index in [1.165, 1.54) is 0 Å². The summed E-state index contributed by atoms with van der Waals surface area (Å²) < 4.78 is 25.3. The third-order valence-electron chi connectivity index (χ3n) is 1.78. The van der Waals surface area contributed by atoms with Crippen molar-refractivity contribution in [2.75, 3.05) is 6.54 Å². The molecule has 0 saturated heterocycles. The van der Waals surface area contributed by atoms with Crippen LogP contribution in [0.3, 0.4) is 0 Å². The van der Waals surface area contributed by atoms with Gasteiger partial charge in [-0.1, -0.05) is 0 Å². The topological polar surface area (TPSA) is 120 Å². The maximum atomic E-state index is 11.7. The molecule has 1 atom stereocenters. The van der Waals surface area contributed by atoms with Gasteiger partial charge < -0.3 is 5.11 Å². The highest BCUT2D eigenvalue weighted by Gasteiger charge is 2.25. The van der Waals surface area contributed by atoms with Crippen LogP contribution in [0, 0.1) is 17.2 Å². The molecule has 1 unspecified atom stereocenters. The Morgan fingerprint density at radius 2 is 2.41 bits per heavy atom. The minimum atomic E-state index is -3.92. The summed E-state index contributed by atoms with van der Waals surface area (Å²) in [7, 11) is -3.92. The van der Waals surface area contributed by atoms with Crippen LogP contribution >= 0.6 is 11.3 Å². The number of carboxylic acid groups (broad SMARTS) is 1. The number of carboxylic acids is 1. The molecule has 1 heterocycles. The number of nitriles is 1. The van der Waals surface area contributed by atoms with Gasteiger partial charge in [-0.2, -0.15) is 5.26 Å². The fourth-order valence-electron chi connectivity index (χ4n) is 0.914. The van der Waals surface area contributed by atoms with E-state index < -0.39 is 27.6 Å². The van der Waals surface area contributed by atoms with Crippen molar-refractivity contribution in [2.24, 2.45) is 5.92 Å². The average molecular weight is 275 g/mol. The first-order valence-corrected chi connectivity index (χ1v) is 6.81. The summed E-state index contributed by atoms with van der Waals surface area (Å²) in [6, 6.07) is 1.86. The average Bonchev–Trinajstić information content (AvgIpc) is 2.75. The van der Waals surface area contributed by atoms with Crippen LogP contribution < -0.4 is 4.72 Å². The molecular formula is C8H9N3O4S2. The third-order valence-corrected chi connectivity index (χ3v) is 4.57. The molecule has 0 bridgehead atoms. The third kappa shape index (κ3) is 3.23. The molecule has 0 aliphatic carbocycles. The lowest BCUT2D eigenvalue weighted by atomic mass is 10.2. The van der Waals surface area contributed by atoms with Crippen molar-refractivity contribution in [1.82, 2.24) is 9.71 Å². The zero-order valence-electron chi connectivity index (χ0n) is 8.74. The Morgan fingerprint density at radius 1 is 1.76 bits per heavy atom. The molecule has 0 aromatic carbocycles. The number of carbonyl (C=O) groups is 1. The molecule has 0 radical (unpaired) electrons. The zero-order valence-corrected chi connectivity index (χ0v) is 10.4. The zero-order chi connectivity index (χ0) is 13.1. The number of nitrogens with zero attached hydrogens (tertiary/aromatic N) is 2. The van der Waals surface area contributed by atoms with Crippen LogP contribution in [0.25, 0.3) is 0 Å². The van der Waals surface area contributed by atoms with E-state index in [9.17, 15) is 13.2 Å². The predicted molar refractivity (Wildman–Crippen MR) is 59.0 cm³/mol. The van der Waals surface area contributed by atoms with Crippen molar-refractivity contribution in [3.05, 3.63) is 11.2 Å². The van der Waals surface area contributed by atoms with Gasteiger partial charge in [0, 0.05) is 6.54 Å². The second kappa shape index (κ2) is 5.22. The second-order valence-corrected chi connectivity index (χ2v) is 5.99. The lowest BCUT2D eigenvalue weighted by molar-refractivity contribution is 0.0687. The molecular weight excluding hydrogens is 266 g/mol. The number of rotatable bonds is 5. The number of sulfonamides is 1. The quantitative estimate of drug-likeness (QED) is 0.796. The first-order valence-electron chi connectivity index (χ1n) is 4.44. The molecule has 1 rings (SSSR count). The van der Waals surface area contributed by atoms with Gasteiger partial charge in [0.15, 0.2) is 9.90 Å². The number of hydrogen-bond acceptors (Lipinski definition) is 6. The molecule has 9 heteroatoms. The van der Waals surface area contributed by atoms with E-state index in [0.717, 1.165) is 16.8 Å². The summed E-state index contributed by atoms with van der Waals surface area (Å²) in [5.74, 6) is -1.90. The van der Waals surface area contributed by atoms with Crippen LogP contribution in [-0.4, -0.2) is 31.0 Å². The molecule has 0 amide bonds. The van der Waals surface area contributed by atoms with E-state index in [1.807, 2.05) is 6.07 Å². The lowest BCUT2D eigenvalue weighted by Crippen LogP contribution is -2.28. The van der Waals surface area contributed by atoms with Gasteiger partial charge in [0.1, 0.15) is 0 Å². The molecule has 0 saturated carbocycles. The highest BCUT2D eigenvalue weighted by atomic mass is 32.2. The molecule has 92 valence electrons.